The number of aromatic nitrogens is 3. The molecule has 0 atom stereocenters. The van der Waals surface area contributed by atoms with Crippen molar-refractivity contribution < 1.29 is 4.79 Å². The number of carbonyl (C=O) groups excluding carboxylic acids is 1. The number of nitrogens with zero attached hydrogens (tertiary/aromatic N) is 3. The van der Waals surface area contributed by atoms with Crippen molar-refractivity contribution in [2.24, 2.45) is 0 Å². The minimum Gasteiger partial charge on any atom is -0.297 e. The molecule has 1 N–H and O–H groups in total. The fourth-order valence-electron chi connectivity index (χ4n) is 1.03. The van der Waals surface area contributed by atoms with Gasteiger partial charge in [0.15, 0.2) is 0 Å². The highest BCUT2D eigenvalue weighted by Gasteiger charge is 2.08. The molecule has 0 aliphatic carbocycles. The van der Waals surface area contributed by atoms with Crippen LogP contribution in [0.25, 0.3) is 0 Å². The van der Waals surface area contributed by atoms with Gasteiger partial charge in [-0.25, -0.2) is 9.97 Å². The monoisotopic (exact) mass is 298 g/mol. The van der Waals surface area contributed by atoms with Gasteiger partial charge >= 0.3 is 0 Å². The van der Waals surface area contributed by atoms with E-state index >= 15 is 0 Å². The maximum atomic E-state index is 11.7. The first-order chi connectivity index (χ1) is 7.65. The zero-order chi connectivity index (χ0) is 11.5. The molecule has 0 unspecified atom stereocenters. The Balaban J connectivity index is 2.11. The Morgan fingerprint density at radius 2 is 2.31 bits per heavy atom. The molecule has 0 bridgehead atoms. The molecule has 2 rings (SSSR count). The fraction of sp³-hybridized carbons (Fsp3) is 0.111. The van der Waals surface area contributed by atoms with Gasteiger partial charge in [0, 0.05) is 17.7 Å². The molecule has 1 amide bonds. The summed E-state index contributed by atoms with van der Waals surface area (Å²) in [6.07, 6.45) is 1.49. The average Bonchev–Trinajstić information content (AvgIpc) is 2.65. The molecule has 0 spiro atoms. The predicted molar refractivity (Wildman–Crippen MR) is 64.5 cm³/mol. The summed E-state index contributed by atoms with van der Waals surface area (Å²) in [7, 11) is 0. The van der Waals surface area contributed by atoms with Gasteiger partial charge in [0.2, 0.25) is 5.13 Å². The second kappa shape index (κ2) is 4.67. The minimum absolute atomic E-state index is 0.240. The SMILES string of the molecule is Cc1nsc(NC(=O)c2ccc(Br)nc2)n1. The van der Waals surface area contributed by atoms with Crippen LogP contribution in [0.3, 0.4) is 0 Å². The number of hydrogen-bond donors (Lipinski definition) is 1. The number of amides is 1. The van der Waals surface area contributed by atoms with Gasteiger partial charge < -0.3 is 0 Å². The van der Waals surface area contributed by atoms with Gasteiger partial charge in [0.05, 0.1) is 5.56 Å². The second-order valence-corrected chi connectivity index (χ2v) is 4.53. The maximum Gasteiger partial charge on any atom is 0.259 e. The lowest BCUT2D eigenvalue weighted by molar-refractivity contribution is 0.102. The Kier molecular flexibility index (Phi) is 3.25. The zero-order valence-electron chi connectivity index (χ0n) is 8.27. The summed E-state index contributed by atoms with van der Waals surface area (Å²) in [4.78, 5) is 19.7. The maximum absolute atomic E-state index is 11.7. The highest BCUT2D eigenvalue weighted by molar-refractivity contribution is 9.10. The summed E-state index contributed by atoms with van der Waals surface area (Å²) in [6, 6.07) is 3.39. The molecule has 16 heavy (non-hydrogen) atoms. The van der Waals surface area contributed by atoms with Crippen molar-refractivity contribution in [3.8, 4) is 0 Å². The van der Waals surface area contributed by atoms with Crippen molar-refractivity contribution in [1.29, 1.82) is 0 Å². The lowest BCUT2D eigenvalue weighted by atomic mass is 10.3. The van der Waals surface area contributed by atoms with E-state index in [2.05, 4.69) is 35.6 Å². The van der Waals surface area contributed by atoms with Crippen molar-refractivity contribution >= 4 is 38.5 Å². The molecule has 5 nitrogen and oxygen atoms in total. The predicted octanol–water partition coefficient (Wildman–Crippen LogP) is 2.26. The molecule has 0 aliphatic heterocycles. The average molecular weight is 299 g/mol. The van der Waals surface area contributed by atoms with E-state index in [0.29, 0.717) is 21.1 Å². The molecule has 82 valence electrons. The fourth-order valence-corrected chi connectivity index (χ4v) is 1.83. The van der Waals surface area contributed by atoms with E-state index in [1.807, 2.05) is 0 Å². The number of nitrogens with one attached hydrogen (secondary N) is 1. The highest BCUT2D eigenvalue weighted by atomic mass is 79.9. The van der Waals surface area contributed by atoms with Crippen LogP contribution in [0.4, 0.5) is 5.13 Å². The molecule has 0 aromatic carbocycles. The number of halogens is 1. The van der Waals surface area contributed by atoms with Crippen molar-refractivity contribution in [2.45, 2.75) is 6.92 Å². The number of pyridine rings is 1. The summed E-state index contributed by atoms with van der Waals surface area (Å²) >= 11 is 4.35. The smallest absolute Gasteiger partial charge is 0.259 e. The molecule has 7 heteroatoms. The highest BCUT2D eigenvalue weighted by Crippen LogP contribution is 2.12. The Hall–Kier alpha value is -1.34. The van der Waals surface area contributed by atoms with Crippen molar-refractivity contribution in [1.82, 2.24) is 14.3 Å². The molecule has 0 saturated carbocycles. The van der Waals surface area contributed by atoms with Crippen LogP contribution in [0.15, 0.2) is 22.9 Å². The molecule has 0 saturated heterocycles. The molecule has 0 aliphatic rings. The van der Waals surface area contributed by atoms with Crippen molar-refractivity contribution in [3.05, 3.63) is 34.3 Å². The first-order valence-corrected chi connectivity index (χ1v) is 5.95. The number of rotatable bonds is 2. The lowest BCUT2D eigenvalue weighted by Gasteiger charge is -2.00. The standard InChI is InChI=1S/C9H7BrN4OS/c1-5-12-9(16-14-5)13-8(15)6-2-3-7(10)11-4-6/h2-4H,1H3,(H,12,13,14,15). The van der Waals surface area contributed by atoms with Gasteiger partial charge in [0.1, 0.15) is 10.4 Å². The van der Waals surface area contributed by atoms with Crippen LogP contribution in [-0.2, 0) is 0 Å². The number of anilines is 1. The third-order valence-corrected chi connectivity index (χ3v) is 2.93. The van der Waals surface area contributed by atoms with Crippen LogP contribution in [0.2, 0.25) is 0 Å². The van der Waals surface area contributed by atoms with Crippen LogP contribution in [0.1, 0.15) is 16.2 Å². The van der Waals surface area contributed by atoms with E-state index in [1.54, 1.807) is 19.1 Å². The Bertz CT molecular complexity index is 510. The van der Waals surface area contributed by atoms with Gasteiger partial charge in [-0.05, 0) is 35.0 Å². The summed E-state index contributed by atoms with van der Waals surface area (Å²) in [6.45, 7) is 1.77. The number of hydrogen-bond acceptors (Lipinski definition) is 5. The molecule has 2 aromatic heterocycles. The second-order valence-electron chi connectivity index (χ2n) is 2.97. The van der Waals surface area contributed by atoms with E-state index < -0.39 is 0 Å². The quantitative estimate of drug-likeness (QED) is 0.864. The van der Waals surface area contributed by atoms with Crippen molar-refractivity contribution in [3.63, 3.8) is 0 Å². The summed E-state index contributed by atoms with van der Waals surface area (Å²) in [5, 5.41) is 3.14. The Labute approximate surface area is 104 Å². The van der Waals surface area contributed by atoms with Crippen LogP contribution in [-0.4, -0.2) is 20.2 Å². The number of aryl methyl sites for hydroxylation is 1. The molecular weight excluding hydrogens is 292 g/mol. The molecule has 0 fully saturated rings. The lowest BCUT2D eigenvalue weighted by Crippen LogP contribution is -2.11. The van der Waals surface area contributed by atoms with Gasteiger partial charge in [-0.3, -0.25) is 10.1 Å². The van der Waals surface area contributed by atoms with E-state index in [-0.39, 0.29) is 5.91 Å². The molecule has 2 aromatic rings. The van der Waals surface area contributed by atoms with Gasteiger partial charge in [-0.15, -0.1) is 0 Å². The third-order valence-electron chi connectivity index (χ3n) is 1.74. The minimum atomic E-state index is -0.240. The van der Waals surface area contributed by atoms with Crippen LogP contribution >= 0.6 is 27.5 Å². The molecular formula is C9H7BrN4OS. The Morgan fingerprint density at radius 3 is 2.88 bits per heavy atom. The summed E-state index contributed by atoms with van der Waals surface area (Å²) < 4.78 is 4.66. The zero-order valence-corrected chi connectivity index (χ0v) is 10.7. The van der Waals surface area contributed by atoms with Crippen LogP contribution < -0.4 is 5.32 Å². The molecule has 2 heterocycles. The normalized spacial score (nSPS) is 10.1. The Morgan fingerprint density at radius 1 is 1.50 bits per heavy atom. The van der Waals surface area contributed by atoms with Crippen molar-refractivity contribution in [2.75, 3.05) is 5.32 Å². The van der Waals surface area contributed by atoms with E-state index in [9.17, 15) is 4.79 Å². The first kappa shape index (κ1) is 11.2. The summed E-state index contributed by atoms with van der Waals surface area (Å²) in [5.41, 5.74) is 0.482. The van der Waals surface area contributed by atoms with Gasteiger partial charge in [-0.1, -0.05) is 0 Å². The number of carbonyl (C=O) groups is 1. The van der Waals surface area contributed by atoms with E-state index in [0.717, 1.165) is 11.5 Å². The van der Waals surface area contributed by atoms with E-state index in [4.69, 9.17) is 0 Å². The van der Waals surface area contributed by atoms with Gasteiger partial charge in [-0.2, -0.15) is 4.37 Å². The van der Waals surface area contributed by atoms with Gasteiger partial charge in [0.25, 0.3) is 5.91 Å². The van der Waals surface area contributed by atoms with E-state index in [1.165, 1.54) is 6.20 Å². The first-order valence-electron chi connectivity index (χ1n) is 4.38. The topological polar surface area (TPSA) is 67.8 Å². The third kappa shape index (κ3) is 2.61. The van der Waals surface area contributed by atoms with Crippen LogP contribution in [0.5, 0.6) is 0 Å². The van der Waals surface area contributed by atoms with Crippen LogP contribution in [0, 0.1) is 6.92 Å². The summed E-state index contributed by atoms with van der Waals surface area (Å²) in [5.74, 6) is 0.408. The largest absolute Gasteiger partial charge is 0.297 e. The molecule has 0 radical (unpaired) electrons.